The van der Waals surface area contributed by atoms with Crippen molar-refractivity contribution < 1.29 is 23.1 Å². The van der Waals surface area contributed by atoms with Crippen molar-refractivity contribution in [1.29, 1.82) is 0 Å². The number of carbonyl (C=O) groups is 1. The Hall–Kier alpha value is -2.25. The summed E-state index contributed by atoms with van der Waals surface area (Å²) >= 11 is 1.43. The molecule has 0 aliphatic carbocycles. The fourth-order valence-electron chi connectivity index (χ4n) is 2.75. The topological polar surface area (TPSA) is 147 Å². The molecule has 2 aromatic rings. The lowest BCUT2D eigenvalue weighted by molar-refractivity contribution is 0.188. The lowest BCUT2D eigenvalue weighted by Gasteiger charge is -2.14. The van der Waals surface area contributed by atoms with Crippen molar-refractivity contribution in [2.75, 3.05) is 33.8 Å². The number of ether oxygens (including phenoxy) is 1. The molecule has 1 aromatic heterocycles. The van der Waals surface area contributed by atoms with Crippen LogP contribution in [-0.2, 0) is 10.2 Å². The number of likely N-dealkylation sites (N-methyl/N-ethyl adjacent to an activating group) is 1. The number of nitrogens with zero attached hydrogens (tertiary/aromatic N) is 2. The van der Waals surface area contributed by atoms with E-state index >= 15 is 0 Å². The normalized spacial score (nSPS) is 12.6. The lowest BCUT2D eigenvalue weighted by Crippen LogP contribution is -2.31. The van der Waals surface area contributed by atoms with Crippen LogP contribution in [0.5, 0.6) is 5.75 Å². The summed E-state index contributed by atoms with van der Waals surface area (Å²) in [7, 11) is 0.256. The van der Waals surface area contributed by atoms with Crippen LogP contribution in [-0.4, -0.2) is 63.3 Å². The first kappa shape index (κ1) is 25.0. The molecule has 1 heterocycles. The number of aromatic nitrogens is 1. The Morgan fingerprint density at radius 2 is 2.00 bits per heavy atom. The molecular weight excluding hydrogens is 442 g/mol. The van der Waals surface area contributed by atoms with E-state index in [0.29, 0.717) is 31.6 Å². The summed E-state index contributed by atoms with van der Waals surface area (Å²) in [5, 5.41) is 19.1. The lowest BCUT2D eigenvalue weighted by atomic mass is 10.1. The number of carboxylic acid groups (broad SMARTS) is 1. The second kappa shape index (κ2) is 12.0. The van der Waals surface area contributed by atoms with Gasteiger partial charge in [0.2, 0.25) is 0 Å². The summed E-state index contributed by atoms with van der Waals surface area (Å²) in [5.41, 5.74) is 1.55. The highest BCUT2D eigenvalue weighted by Gasteiger charge is 2.18. The predicted octanol–water partition coefficient (Wildman–Crippen LogP) is 2.02. The van der Waals surface area contributed by atoms with Crippen molar-refractivity contribution in [1.82, 2.24) is 19.9 Å². The van der Waals surface area contributed by atoms with Gasteiger partial charge in [-0.3, -0.25) is 0 Å². The van der Waals surface area contributed by atoms with E-state index in [-0.39, 0.29) is 6.54 Å². The number of thiazole rings is 1. The first-order chi connectivity index (χ1) is 14.6. The van der Waals surface area contributed by atoms with Crippen molar-refractivity contribution in [3.8, 4) is 16.3 Å². The van der Waals surface area contributed by atoms with Gasteiger partial charge >= 0.3 is 6.09 Å². The average Bonchev–Trinajstić information content (AvgIpc) is 3.16. The second-order valence-corrected chi connectivity index (χ2v) is 9.43. The Bertz CT molecular complexity index is 931. The molecule has 0 aliphatic rings. The number of benzene rings is 1. The van der Waals surface area contributed by atoms with Crippen LogP contribution in [0.4, 0.5) is 4.79 Å². The van der Waals surface area contributed by atoms with Gasteiger partial charge in [0.05, 0.1) is 11.7 Å². The maximum atomic E-state index is 11.2. The van der Waals surface area contributed by atoms with E-state index in [4.69, 9.17) is 15.0 Å². The number of nitrogens with one attached hydrogen (secondary N) is 2. The summed E-state index contributed by atoms with van der Waals surface area (Å²) < 4.78 is 29.7. The minimum atomic E-state index is -3.72. The average molecular weight is 472 g/mol. The smallest absolute Gasteiger partial charge is 0.405 e. The molecular formula is C19H29N5O5S2. The molecule has 10 nitrogen and oxygen atoms in total. The molecule has 0 aliphatic heterocycles. The Morgan fingerprint density at radius 3 is 2.61 bits per heavy atom. The molecule has 31 heavy (non-hydrogen) atoms. The Kier molecular flexibility index (Phi) is 9.65. The quantitative estimate of drug-likeness (QED) is 0.327. The van der Waals surface area contributed by atoms with E-state index in [1.54, 1.807) is 0 Å². The largest absolute Gasteiger partial charge is 0.492 e. The van der Waals surface area contributed by atoms with E-state index in [1.165, 1.54) is 11.3 Å². The van der Waals surface area contributed by atoms with Gasteiger partial charge < -0.3 is 20.1 Å². The summed E-state index contributed by atoms with van der Waals surface area (Å²) in [4.78, 5) is 17.8. The monoisotopic (exact) mass is 471 g/mol. The minimum Gasteiger partial charge on any atom is -0.492 e. The van der Waals surface area contributed by atoms with Crippen LogP contribution in [0.25, 0.3) is 10.6 Å². The second-order valence-electron chi connectivity index (χ2n) is 7.19. The molecule has 0 fully saturated rings. The summed E-state index contributed by atoms with van der Waals surface area (Å²) in [6.07, 6.45) is 0.474. The maximum absolute atomic E-state index is 11.2. The number of hydrogen-bond donors (Lipinski definition) is 4. The van der Waals surface area contributed by atoms with Crippen molar-refractivity contribution in [3.63, 3.8) is 0 Å². The first-order valence-corrected chi connectivity index (χ1v) is 12.2. The predicted molar refractivity (Wildman–Crippen MR) is 120 cm³/mol. The minimum absolute atomic E-state index is 0.198. The van der Waals surface area contributed by atoms with E-state index < -0.39 is 22.3 Å². The SMILES string of the molecule is CN(C)CCOc1ccc(-c2nc(C(CCCCNS(N)(=O)=O)NC(=O)O)cs2)cc1. The fraction of sp³-hybridized carbons (Fsp3) is 0.474. The molecule has 0 saturated carbocycles. The number of hydrogen-bond acceptors (Lipinski definition) is 7. The third-order valence-electron chi connectivity index (χ3n) is 4.31. The molecule has 12 heteroatoms. The van der Waals surface area contributed by atoms with Gasteiger partial charge in [-0.05, 0) is 57.6 Å². The van der Waals surface area contributed by atoms with Crippen LogP contribution in [0.2, 0.25) is 0 Å². The molecule has 1 unspecified atom stereocenters. The van der Waals surface area contributed by atoms with Crippen LogP contribution in [0, 0.1) is 0 Å². The van der Waals surface area contributed by atoms with Gasteiger partial charge in [0, 0.05) is 24.0 Å². The Balaban J connectivity index is 1.96. The first-order valence-electron chi connectivity index (χ1n) is 9.74. The Morgan fingerprint density at radius 1 is 1.29 bits per heavy atom. The summed E-state index contributed by atoms with van der Waals surface area (Å²) in [6, 6.07) is 7.14. The zero-order valence-electron chi connectivity index (χ0n) is 17.6. The van der Waals surface area contributed by atoms with Crippen LogP contribution in [0.1, 0.15) is 31.0 Å². The van der Waals surface area contributed by atoms with Crippen LogP contribution in [0.15, 0.2) is 29.6 Å². The van der Waals surface area contributed by atoms with Crippen LogP contribution >= 0.6 is 11.3 Å². The van der Waals surface area contributed by atoms with Gasteiger partial charge in [-0.25, -0.2) is 19.6 Å². The number of amides is 1. The van der Waals surface area contributed by atoms with Gasteiger partial charge in [-0.1, -0.05) is 0 Å². The third kappa shape index (κ3) is 9.61. The summed E-state index contributed by atoms with van der Waals surface area (Å²) in [5.74, 6) is 0.779. The van der Waals surface area contributed by atoms with Gasteiger partial charge in [0.15, 0.2) is 0 Å². The van der Waals surface area contributed by atoms with Gasteiger partial charge in [0.25, 0.3) is 10.2 Å². The number of nitrogens with two attached hydrogens (primary N) is 1. The van der Waals surface area contributed by atoms with Gasteiger partial charge in [-0.2, -0.15) is 8.42 Å². The van der Waals surface area contributed by atoms with Gasteiger partial charge in [0.1, 0.15) is 17.4 Å². The highest BCUT2D eigenvalue weighted by molar-refractivity contribution is 7.87. The Labute approximate surface area is 186 Å². The summed E-state index contributed by atoms with van der Waals surface area (Å²) in [6.45, 7) is 1.63. The van der Waals surface area contributed by atoms with Crippen LogP contribution < -0.4 is 19.9 Å². The standard InChI is InChI=1S/C19H29N5O5S2/c1-24(2)11-12-29-15-8-6-14(7-9-15)18-22-17(13-30-18)16(23-19(25)26)5-3-4-10-21-31(20,27)28/h6-9,13,16,21,23H,3-5,10-12H2,1-2H3,(H,25,26)(H2,20,27,28). The molecule has 5 N–H and O–H groups in total. The number of unbranched alkanes of at least 4 members (excludes halogenated alkanes) is 1. The third-order valence-corrected chi connectivity index (χ3v) is 5.82. The molecule has 0 radical (unpaired) electrons. The highest BCUT2D eigenvalue weighted by Crippen LogP contribution is 2.29. The molecule has 0 bridgehead atoms. The van der Waals surface area contributed by atoms with E-state index in [9.17, 15) is 13.2 Å². The molecule has 0 saturated heterocycles. The molecule has 1 atom stereocenters. The van der Waals surface area contributed by atoms with E-state index in [2.05, 4.69) is 15.0 Å². The van der Waals surface area contributed by atoms with Crippen molar-refractivity contribution in [2.45, 2.75) is 25.3 Å². The highest BCUT2D eigenvalue weighted by atomic mass is 32.2. The zero-order chi connectivity index (χ0) is 22.9. The van der Waals surface area contributed by atoms with Crippen molar-refractivity contribution >= 4 is 27.6 Å². The zero-order valence-corrected chi connectivity index (χ0v) is 19.2. The molecule has 1 amide bonds. The van der Waals surface area contributed by atoms with E-state index in [0.717, 1.165) is 22.9 Å². The molecule has 1 aromatic carbocycles. The maximum Gasteiger partial charge on any atom is 0.405 e. The van der Waals surface area contributed by atoms with Crippen molar-refractivity contribution in [2.24, 2.45) is 5.14 Å². The molecule has 172 valence electrons. The fourth-order valence-corrected chi connectivity index (χ4v) is 4.06. The molecule has 0 spiro atoms. The van der Waals surface area contributed by atoms with E-state index in [1.807, 2.05) is 48.6 Å². The van der Waals surface area contributed by atoms with Gasteiger partial charge in [-0.15, -0.1) is 11.3 Å². The molecule has 2 rings (SSSR count). The number of rotatable bonds is 13. The van der Waals surface area contributed by atoms with Crippen molar-refractivity contribution in [3.05, 3.63) is 35.3 Å². The van der Waals surface area contributed by atoms with Crippen LogP contribution in [0.3, 0.4) is 0 Å².